The maximum atomic E-state index is 12.5. The van der Waals surface area contributed by atoms with Crippen LogP contribution < -0.4 is 5.32 Å². The summed E-state index contributed by atoms with van der Waals surface area (Å²) in [5, 5.41) is 11.7. The zero-order valence-corrected chi connectivity index (χ0v) is 14.0. The van der Waals surface area contributed by atoms with Crippen molar-refractivity contribution >= 4 is 28.2 Å². The quantitative estimate of drug-likeness (QED) is 0.923. The summed E-state index contributed by atoms with van der Waals surface area (Å²) >= 11 is 1.24. The molecule has 2 heterocycles. The van der Waals surface area contributed by atoms with E-state index < -0.39 is 5.91 Å². The van der Waals surface area contributed by atoms with Gasteiger partial charge in [0, 0.05) is 20.0 Å². The van der Waals surface area contributed by atoms with Gasteiger partial charge in [-0.3, -0.25) is 14.9 Å². The monoisotopic (exact) mass is 335 g/mol. The summed E-state index contributed by atoms with van der Waals surface area (Å²) < 4.78 is 10.8. The highest BCUT2D eigenvalue weighted by atomic mass is 32.1. The smallest absolute Gasteiger partial charge is 0.261 e. The van der Waals surface area contributed by atoms with Gasteiger partial charge in [-0.1, -0.05) is 11.3 Å². The Hall–Kier alpha value is -2.06. The van der Waals surface area contributed by atoms with Crippen molar-refractivity contribution in [2.24, 2.45) is 0 Å². The highest BCUT2D eigenvalue weighted by Gasteiger charge is 2.30. The molecular formula is C15H17N3O4S. The molecule has 0 bridgehead atoms. The average molecular weight is 335 g/mol. The number of rotatable bonds is 4. The zero-order valence-electron chi connectivity index (χ0n) is 13.1. The van der Waals surface area contributed by atoms with Crippen LogP contribution in [0.5, 0.6) is 0 Å². The van der Waals surface area contributed by atoms with Crippen molar-refractivity contribution in [1.29, 1.82) is 0 Å². The fourth-order valence-corrected chi connectivity index (χ4v) is 3.36. The van der Waals surface area contributed by atoms with E-state index in [1.54, 1.807) is 14.0 Å². The number of ether oxygens (including phenoxy) is 1. The molecule has 1 N–H and O–H groups in total. The minimum atomic E-state index is -0.393. The van der Waals surface area contributed by atoms with Crippen LogP contribution in [0.1, 0.15) is 63.1 Å². The van der Waals surface area contributed by atoms with Crippen LogP contribution in [-0.2, 0) is 11.2 Å². The molecule has 1 aliphatic carbocycles. The van der Waals surface area contributed by atoms with Crippen molar-refractivity contribution in [3.63, 3.8) is 0 Å². The molecule has 0 aromatic carbocycles. The first kappa shape index (κ1) is 15.8. The molecule has 0 radical (unpaired) electrons. The predicted molar refractivity (Wildman–Crippen MR) is 84.0 cm³/mol. The summed E-state index contributed by atoms with van der Waals surface area (Å²) in [7, 11) is 1.58. The summed E-state index contributed by atoms with van der Waals surface area (Å²) in [5.74, 6) is 0.627. The van der Waals surface area contributed by atoms with Crippen LogP contribution in [0.4, 0.5) is 5.13 Å². The van der Waals surface area contributed by atoms with Crippen LogP contribution in [-0.4, -0.2) is 29.0 Å². The number of ketones is 1. The molecule has 1 atom stereocenters. The topological polar surface area (TPSA) is 94.3 Å². The lowest BCUT2D eigenvalue weighted by molar-refractivity contribution is 0.0955. The summed E-state index contributed by atoms with van der Waals surface area (Å²) in [6, 6.07) is 0. The van der Waals surface area contributed by atoms with E-state index in [9.17, 15) is 9.59 Å². The summed E-state index contributed by atoms with van der Waals surface area (Å²) in [6.07, 6.45) is 1.70. The van der Waals surface area contributed by atoms with Gasteiger partial charge in [-0.25, -0.2) is 0 Å². The molecule has 0 aliphatic heterocycles. The Bertz CT molecular complexity index is 765. The minimum absolute atomic E-state index is 0.0424. The first-order valence-electron chi connectivity index (χ1n) is 7.34. The molecule has 2 aromatic rings. The van der Waals surface area contributed by atoms with Crippen molar-refractivity contribution in [1.82, 2.24) is 10.2 Å². The second-order valence-corrected chi connectivity index (χ2v) is 6.39. The van der Waals surface area contributed by atoms with Crippen molar-refractivity contribution in [3.8, 4) is 0 Å². The number of fused-ring (bicyclic) bond motifs is 1. The number of carbonyl (C=O) groups excluding carboxylic acids is 2. The van der Waals surface area contributed by atoms with Crippen LogP contribution >= 0.6 is 11.3 Å². The normalized spacial score (nSPS) is 15.3. The Morgan fingerprint density at radius 3 is 2.91 bits per heavy atom. The zero-order chi connectivity index (χ0) is 16.6. The van der Waals surface area contributed by atoms with E-state index in [-0.39, 0.29) is 11.9 Å². The van der Waals surface area contributed by atoms with Gasteiger partial charge in [0.1, 0.15) is 22.6 Å². The lowest BCUT2D eigenvalue weighted by Crippen LogP contribution is -2.18. The first-order valence-corrected chi connectivity index (χ1v) is 8.16. The number of carbonyl (C=O) groups is 2. The SMILES string of the molecule is COC(C)c1nnc(NC(=O)c2c(C)oc3c2C(=O)CCC3)s1. The van der Waals surface area contributed by atoms with Crippen LogP contribution in [0.2, 0.25) is 0 Å². The number of amides is 1. The molecule has 23 heavy (non-hydrogen) atoms. The molecule has 3 rings (SSSR count). The number of nitrogens with one attached hydrogen (secondary N) is 1. The van der Waals surface area contributed by atoms with E-state index in [1.165, 1.54) is 11.3 Å². The molecule has 2 aromatic heterocycles. The largest absolute Gasteiger partial charge is 0.465 e. The highest BCUT2D eigenvalue weighted by Crippen LogP contribution is 2.31. The lowest BCUT2D eigenvalue weighted by Gasteiger charge is -2.09. The third kappa shape index (κ3) is 2.91. The Kier molecular flexibility index (Phi) is 4.27. The average Bonchev–Trinajstić information content (AvgIpc) is 3.11. The summed E-state index contributed by atoms with van der Waals surface area (Å²) in [6.45, 7) is 3.54. The standard InChI is InChI=1S/C15H17N3O4S/c1-7-11(12-9(19)5-4-6-10(12)22-7)13(20)16-15-18-17-14(23-15)8(2)21-3/h8H,4-6H2,1-3H3,(H,16,18,20). The molecule has 0 spiro atoms. The fourth-order valence-electron chi connectivity index (χ4n) is 2.59. The highest BCUT2D eigenvalue weighted by molar-refractivity contribution is 7.15. The van der Waals surface area contributed by atoms with Gasteiger partial charge in [-0.05, 0) is 20.3 Å². The van der Waals surface area contributed by atoms with Crippen molar-refractivity contribution in [2.75, 3.05) is 12.4 Å². The van der Waals surface area contributed by atoms with Crippen molar-refractivity contribution in [2.45, 2.75) is 39.2 Å². The third-order valence-electron chi connectivity index (χ3n) is 3.83. The van der Waals surface area contributed by atoms with E-state index in [4.69, 9.17) is 9.15 Å². The van der Waals surface area contributed by atoms with Gasteiger partial charge in [0.2, 0.25) is 5.13 Å². The van der Waals surface area contributed by atoms with Gasteiger partial charge in [0.25, 0.3) is 5.91 Å². The Morgan fingerprint density at radius 1 is 1.39 bits per heavy atom. The van der Waals surface area contributed by atoms with Gasteiger partial charge >= 0.3 is 0 Å². The molecule has 7 nitrogen and oxygen atoms in total. The van der Waals surface area contributed by atoms with Crippen molar-refractivity contribution < 1.29 is 18.7 Å². The van der Waals surface area contributed by atoms with E-state index in [0.29, 0.717) is 45.6 Å². The van der Waals surface area contributed by atoms with Gasteiger partial charge < -0.3 is 9.15 Å². The van der Waals surface area contributed by atoms with Crippen LogP contribution in [0.15, 0.2) is 4.42 Å². The molecule has 0 fully saturated rings. The Labute approximate surface area is 137 Å². The van der Waals surface area contributed by atoms with Crippen molar-refractivity contribution in [3.05, 3.63) is 27.7 Å². The minimum Gasteiger partial charge on any atom is -0.465 e. The molecular weight excluding hydrogens is 318 g/mol. The van der Waals surface area contributed by atoms with Gasteiger partial charge in [-0.2, -0.15) is 0 Å². The first-order chi connectivity index (χ1) is 11.0. The number of methoxy groups -OCH3 is 1. The fraction of sp³-hybridized carbons (Fsp3) is 0.467. The van der Waals surface area contributed by atoms with Crippen LogP contribution in [0.25, 0.3) is 0 Å². The summed E-state index contributed by atoms with van der Waals surface area (Å²) in [5.41, 5.74) is 0.725. The molecule has 122 valence electrons. The Balaban J connectivity index is 1.86. The molecule has 1 unspecified atom stereocenters. The predicted octanol–water partition coefficient (Wildman–Crippen LogP) is 2.92. The van der Waals surface area contributed by atoms with Gasteiger partial charge in [-0.15, -0.1) is 10.2 Å². The number of anilines is 1. The number of Topliss-reactive ketones (excluding diaryl/α,β-unsaturated/α-hetero) is 1. The number of hydrogen-bond donors (Lipinski definition) is 1. The molecule has 1 aliphatic rings. The van der Waals surface area contributed by atoms with Crippen LogP contribution in [0, 0.1) is 6.92 Å². The second-order valence-electron chi connectivity index (χ2n) is 5.39. The number of aryl methyl sites for hydroxylation is 2. The van der Waals surface area contributed by atoms with Gasteiger partial charge in [0.05, 0.1) is 11.1 Å². The molecule has 8 heteroatoms. The Morgan fingerprint density at radius 2 is 2.17 bits per heavy atom. The molecule has 0 saturated carbocycles. The molecule has 1 amide bonds. The number of furan rings is 1. The van der Waals surface area contributed by atoms with E-state index in [1.807, 2.05) is 6.92 Å². The van der Waals surface area contributed by atoms with Crippen LogP contribution in [0.3, 0.4) is 0 Å². The number of nitrogens with zero attached hydrogens (tertiary/aromatic N) is 2. The van der Waals surface area contributed by atoms with Gasteiger partial charge in [0.15, 0.2) is 5.78 Å². The number of hydrogen-bond acceptors (Lipinski definition) is 7. The maximum Gasteiger partial charge on any atom is 0.261 e. The number of aromatic nitrogens is 2. The maximum absolute atomic E-state index is 12.5. The summed E-state index contributed by atoms with van der Waals surface area (Å²) in [4.78, 5) is 24.7. The second kappa shape index (κ2) is 6.21. The van der Waals surface area contributed by atoms with E-state index in [0.717, 1.165) is 6.42 Å². The lowest BCUT2D eigenvalue weighted by atomic mass is 9.93. The van der Waals surface area contributed by atoms with E-state index >= 15 is 0 Å². The van der Waals surface area contributed by atoms with E-state index in [2.05, 4.69) is 15.5 Å². The third-order valence-corrected chi connectivity index (χ3v) is 4.83. The molecule has 0 saturated heterocycles.